The van der Waals surface area contributed by atoms with Crippen LogP contribution in [-0.4, -0.2) is 45.1 Å². The second-order valence-electron chi connectivity index (χ2n) is 4.81. The largest absolute Gasteiger partial charge is 0.481 e. The molecule has 1 atom stereocenters. The third kappa shape index (κ3) is 2.69. The lowest BCUT2D eigenvalue weighted by Gasteiger charge is -2.23. The predicted molar refractivity (Wildman–Crippen MR) is 67.4 cm³/mol. The van der Waals surface area contributed by atoms with Crippen LogP contribution in [0.2, 0.25) is 0 Å². The number of likely N-dealkylation sites (tertiary alicyclic amines) is 1. The molecule has 104 valence electrons. The van der Waals surface area contributed by atoms with E-state index in [1.807, 2.05) is 6.92 Å². The third-order valence-corrected chi connectivity index (χ3v) is 3.73. The van der Waals surface area contributed by atoms with E-state index < -0.39 is 11.4 Å². The van der Waals surface area contributed by atoms with Crippen molar-refractivity contribution in [1.29, 1.82) is 0 Å². The number of carbonyl (C=O) groups excluding carboxylic acids is 1. The van der Waals surface area contributed by atoms with Gasteiger partial charge in [-0.15, -0.1) is 0 Å². The van der Waals surface area contributed by atoms with Gasteiger partial charge in [0.2, 0.25) is 0 Å². The van der Waals surface area contributed by atoms with Crippen LogP contribution in [0.3, 0.4) is 0 Å². The van der Waals surface area contributed by atoms with Crippen LogP contribution in [0.15, 0.2) is 12.4 Å². The minimum atomic E-state index is -0.823. The van der Waals surface area contributed by atoms with Gasteiger partial charge in [-0.05, 0) is 12.8 Å². The van der Waals surface area contributed by atoms with Crippen molar-refractivity contribution in [1.82, 2.24) is 20.2 Å². The van der Waals surface area contributed by atoms with Crippen LogP contribution in [0.1, 0.15) is 25.6 Å². The Hall–Kier alpha value is -2.05. The van der Waals surface area contributed by atoms with E-state index in [4.69, 9.17) is 0 Å². The number of carboxylic acids is 1. The van der Waals surface area contributed by atoms with E-state index >= 15 is 0 Å². The summed E-state index contributed by atoms with van der Waals surface area (Å²) in [6.45, 7) is 2.90. The molecule has 0 saturated carbocycles. The van der Waals surface area contributed by atoms with Crippen molar-refractivity contribution in [3.8, 4) is 0 Å². The molecule has 2 heterocycles. The highest BCUT2D eigenvalue weighted by atomic mass is 16.4. The van der Waals surface area contributed by atoms with Crippen LogP contribution in [0.4, 0.5) is 4.79 Å². The Bertz CT molecular complexity index is 460. The number of urea groups is 1. The van der Waals surface area contributed by atoms with Gasteiger partial charge in [0.05, 0.1) is 12.0 Å². The van der Waals surface area contributed by atoms with Gasteiger partial charge in [0.1, 0.15) is 5.82 Å². The van der Waals surface area contributed by atoms with Crippen LogP contribution >= 0.6 is 0 Å². The molecule has 7 heteroatoms. The van der Waals surface area contributed by atoms with Gasteiger partial charge in [0, 0.05) is 25.5 Å². The second kappa shape index (κ2) is 5.29. The summed E-state index contributed by atoms with van der Waals surface area (Å²) in [6.07, 6.45) is 4.34. The number of nitrogens with zero attached hydrogens (tertiary/aromatic N) is 2. The van der Waals surface area contributed by atoms with Gasteiger partial charge in [-0.1, -0.05) is 6.92 Å². The molecule has 19 heavy (non-hydrogen) atoms. The lowest BCUT2D eigenvalue weighted by Crippen LogP contribution is -2.41. The van der Waals surface area contributed by atoms with Crippen molar-refractivity contribution < 1.29 is 14.7 Å². The molecular weight excluding hydrogens is 248 g/mol. The van der Waals surface area contributed by atoms with Crippen LogP contribution in [0, 0.1) is 5.41 Å². The third-order valence-electron chi connectivity index (χ3n) is 3.73. The SMILES string of the molecule is CCC1(C(=O)O)CCN(C(=O)NCc2ncc[nH]2)C1. The Morgan fingerprint density at radius 3 is 2.95 bits per heavy atom. The Balaban J connectivity index is 1.89. The monoisotopic (exact) mass is 266 g/mol. The number of aromatic nitrogens is 2. The molecule has 3 N–H and O–H groups in total. The fourth-order valence-electron chi connectivity index (χ4n) is 2.33. The molecule has 0 spiro atoms. The van der Waals surface area contributed by atoms with Gasteiger partial charge in [0.25, 0.3) is 0 Å². The summed E-state index contributed by atoms with van der Waals surface area (Å²) in [7, 11) is 0. The molecule has 0 aromatic carbocycles. The number of hydrogen-bond acceptors (Lipinski definition) is 3. The standard InChI is InChI=1S/C12H18N4O3/c1-2-12(10(17)18)3-6-16(8-12)11(19)15-7-9-13-4-5-14-9/h4-5H,2-3,6-8H2,1H3,(H,13,14)(H,15,19)(H,17,18). The van der Waals surface area contributed by atoms with Crippen molar-refractivity contribution in [2.75, 3.05) is 13.1 Å². The maximum Gasteiger partial charge on any atom is 0.317 e. The molecule has 2 rings (SSSR count). The summed E-state index contributed by atoms with van der Waals surface area (Å²) in [5.41, 5.74) is -0.790. The smallest absolute Gasteiger partial charge is 0.317 e. The quantitative estimate of drug-likeness (QED) is 0.751. The normalized spacial score (nSPS) is 22.5. The lowest BCUT2D eigenvalue weighted by molar-refractivity contribution is -0.148. The van der Waals surface area contributed by atoms with Crippen molar-refractivity contribution >= 4 is 12.0 Å². The van der Waals surface area contributed by atoms with Crippen LogP contribution in [0.5, 0.6) is 0 Å². The number of carboxylic acid groups (broad SMARTS) is 1. The van der Waals surface area contributed by atoms with Gasteiger partial charge in [-0.3, -0.25) is 4.79 Å². The van der Waals surface area contributed by atoms with E-state index in [2.05, 4.69) is 15.3 Å². The van der Waals surface area contributed by atoms with E-state index in [0.717, 1.165) is 0 Å². The highest BCUT2D eigenvalue weighted by Gasteiger charge is 2.44. The summed E-state index contributed by atoms with van der Waals surface area (Å²) < 4.78 is 0. The average molecular weight is 266 g/mol. The number of nitrogens with one attached hydrogen (secondary N) is 2. The van der Waals surface area contributed by atoms with Gasteiger partial charge in [-0.25, -0.2) is 9.78 Å². The fourth-order valence-corrected chi connectivity index (χ4v) is 2.33. The van der Waals surface area contributed by atoms with Crippen molar-refractivity contribution in [2.45, 2.75) is 26.3 Å². The Morgan fingerprint density at radius 1 is 1.63 bits per heavy atom. The number of aliphatic carboxylic acids is 1. The van der Waals surface area contributed by atoms with Gasteiger partial charge < -0.3 is 20.3 Å². The van der Waals surface area contributed by atoms with Gasteiger partial charge >= 0.3 is 12.0 Å². The van der Waals surface area contributed by atoms with Gasteiger partial charge in [-0.2, -0.15) is 0 Å². The molecule has 1 unspecified atom stereocenters. The fraction of sp³-hybridized carbons (Fsp3) is 0.583. The molecular formula is C12H18N4O3. The highest BCUT2D eigenvalue weighted by molar-refractivity contribution is 5.79. The molecule has 1 aliphatic rings. The maximum absolute atomic E-state index is 11.9. The van der Waals surface area contributed by atoms with Crippen molar-refractivity contribution in [3.63, 3.8) is 0 Å². The zero-order valence-electron chi connectivity index (χ0n) is 10.8. The summed E-state index contributed by atoms with van der Waals surface area (Å²) in [6, 6.07) is -0.243. The first-order chi connectivity index (χ1) is 9.07. The number of amides is 2. The molecule has 0 bridgehead atoms. The van der Waals surface area contributed by atoms with Crippen LogP contribution in [-0.2, 0) is 11.3 Å². The predicted octanol–water partition coefficient (Wildman–Crippen LogP) is 0.806. The van der Waals surface area contributed by atoms with Gasteiger partial charge in [0.15, 0.2) is 0 Å². The second-order valence-corrected chi connectivity index (χ2v) is 4.81. The number of hydrogen-bond donors (Lipinski definition) is 3. The van der Waals surface area contributed by atoms with E-state index in [0.29, 0.717) is 31.8 Å². The zero-order valence-corrected chi connectivity index (χ0v) is 10.8. The number of aromatic amines is 1. The lowest BCUT2D eigenvalue weighted by atomic mass is 9.84. The molecule has 7 nitrogen and oxygen atoms in total. The molecule has 1 fully saturated rings. The zero-order chi connectivity index (χ0) is 13.9. The molecule has 0 aliphatic carbocycles. The molecule has 1 aromatic heterocycles. The number of rotatable bonds is 4. The van der Waals surface area contributed by atoms with Crippen molar-refractivity contribution in [3.05, 3.63) is 18.2 Å². The van der Waals surface area contributed by atoms with E-state index in [-0.39, 0.29) is 12.6 Å². The van der Waals surface area contributed by atoms with Crippen LogP contribution < -0.4 is 5.32 Å². The minimum absolute atomic E-state index is 0.243. The highest BCUT2D eigenvalue weighted by Crippen LogP contribution is 2.34. The molecule has 1 saturated heterocycles. The Morgan fingerprint density at radius 2 is 2.42 bits per heavy atom. The average Bonchev–Trinajstić information content (AvgIpc) is 3.05. The first kappa shape index (κ1) is 13.4. The first-order valence-corrected chi connectivity index (χ1v) is 6.32. The summed E-state index contributed by atoms with van der Waals surface area (Å²) in [5.74, 6) is -0.149. The number of H-pyrrole nitrogens is 1. The summed E-state index contributed by atoms with van der Waals surface area (Å²) >= 11 is 0. The topological polar surface area (TPSA) is 98.3 Å². The van der Waals surface area contributed by atoms with E-state index in [9.17, 15) is 14.7 Å². The summed E-state index contributed by atoms with van der Waals surface area (Å²) in [4.78, 5) is 31.7. The minimum Gasteiger partial charge on any atom is -0.481 e. The molecule has 1 aliphatic heterocycles. The number of imidazole rings is 1. The maximum atomic E-state index is 11.9. The summed E-state index contributed by atoms with van der Waals surface area (Å²) in [5, 5.41) is 12.0. The molecule has 1 aromatic rings. The molecule has 2 amide bonds. The van der Waals surface area contributed by atoms with Crippen molar-refractivity contribution in [2.24, 2.45) is 5.41 Å². The Kier molecular flexibility index (Phi) is 3.73. The van der Waals surface area contributed by atoms with E-state index in [1.54, 1.807) is 17.3 Å². The Labute approximate surface area is 111 Å². The van der Waals surface area contributed by atoms with E-state index in [1.165, 1.54) is 0 Å². The first-order valence-electron chi connectivity index (χ1n) is 6.32. The number of carbonyl (C=O) groups is 2. The van der Waals surface area contributed by atoms with Crippen LogP contribution in [0.25, 0.3) is 0 Å². The molecule has 0 radical (unpaired) electrons.